The van der Waals surface area contributed by atoms with Crippen molar-refractivity contribution in [3.8, 4) is 0 Å². The SMILES string of the molecule is COCCNCC(O)CN(C)CC1CCC1. The molecule has 4 heteroatoms. The lowest BCUT2D eigenvalue weighted by Gasteiger charge is -2.31. The summed E-state index contributed by atoms with van der Waals surface area (Å²) in [6.45, 7) is 4.05. The van der Waals surface area contributed by atoms with Crippen molar-refractivity contribution < 1.29 is 9.84 Å². The Balaban J connectivity index is 1.96. The molecule has 0 saturated heterocycles. The first-order chi connectivity index (χ1) is 7.72. The molecular weight excluding hydrogens is 204 g/mol. The van der Waals surface area contributed by atoms with Crippen molar-refractivity contribution in [2.24, 2.45) is 5.92 Å². The summed E-state index contributed by atoms with van der Waals surface area (Å²) in [5, 5.41) is 12.9. The number of aliphatic hydroxyl groups excluding tert-OH is 1. The molecule has 0 amide bonds. The standard InChI is InChI=1S/C12H26N2O2/c1-14(9-11-4-3-5-11)10-12(15)8-13-6-7-16-2/h11-13,15H,3-10H2,1-2H3. The van der Waals surface area contributed by atoms with Gasteiger partial charge in [-0.25, -0.2) is 0 Å². The van der Waals surface area contributed by atoms with E-state index in [1.165, 1.54) is 19.3 Å². The second kappa shape index (κ2) is 8.01. The molecule has 1 atom stereocenters. The third-order valence-electron chi connectivity index (χ3n) is 3.18. The van der Waals surface area contributed by atoms with Gasteiger partial charge in [0, 0.05) is 33.3 Å². The van der Waals surface area contributed by atoms with Crippen molar-refractivity contribution in [3.05, 3.63) is 0 Å². The van der Waals surface area contributed by atoms with E-state index in [4.69, 9.17) is 4.74 Å². The van der Waals surface area contributed by atoms with Crippen molar-refractivity contribution >= 4 is 0 Å². The fourth-order valence-electron chi connectivity index (χ4n) is 2.06. The first kappa shape index (κ1) is 13.9. The predicted molar refractivity (Wildman–Crippen MR) is 65.6 cm³/mol. The first-order valence-corrected chi connectivity index (χ1v) is 6.28. The van der Waals surface area contributed by atoms with E-state index in [9.17, 15) is 5.11 Å². The Morgan fingerprint density at radius 3 is 2.81 bits per heavy atom. The third-order valence-corrected chi connectivity index (χ3v) is 3.18. The van der Waals surface area contributed by atoms with Gasteiger partial charge < -0.3 is 20.1 Å². The van der Waals surface area contributed by atoms with E-state index in [1.54, 1.807) is 7.11 Å². The lowest BCUT2D eigenvalue weighted by atomic mass is 9.85. The molecule has 4 nitrogen and oxygen atoms in total. The number of nitrogens with one attached hydrogen (secondary N) is 1. The summed E-state index contributed by atoms with van der Waals surface area (Å²) in [5.74, 6) is 0.874. The fraction of sp³-hybridized carbons (Fsp3) is 1.00. The zero-order chi connectivity index (χ0) is 11.8. The van der Waals surface area contributed by atoms with Crippen LogP contribution >= 0.6 is 0 Å². The Morgan fingerprint density at radius 2 is 2.25 bits per heavy atom. The van der Waals surface area contributed by atoms with Gasteiger partial charge in [0.2, 0.25) is 0 Å². The zero-order valence-corrected chi connectivity index (χ0v) is 10.6. The molecule has 0 aromatic heterocycles. The van der Waals surface area contributed by atoms with Crippen molar-refractivity contribution in [3.63, 3.8) is 0 Å². The lowest BCUT2D eigenvalue weighted by molar-refractivity contribution is 0.103. The molecule has 1 aliphatic carbocycles. The van der Waals surface area contributed by atoms with Gasteiger partial charge in [-0.1, -0.05) is 6.42 Å². The molecule has 96 valence electrons. The van der Waals surface area contributed by atoms with E-state index < -0.39 is 0 Å². The molecule has 1 saturated carbocycles. The highest BCUT2D eigenvalue weighted by atomic mass is 16.5. The van der Waals surface area contributed by atoms with Crippen LogP contribution in [0.25, 0.3) is 0 Å². The molecule has 1 aliphatic rings. The number of ether oxygens (including phenoxy) is 1. The van der Waals surface area contributed by atoms with Crippen LogP contribution in [0.4, 0.5) is 0 Å². The van der Waals surface area contributed by atoms with Gasteiger partial charge in [0.15, 0.2) is 0 Å². The van der Waals surface area contributed by atoms with E-state index in [-0.39, 0.29) is 6.10 Å². The topological polar surface area (TPSA) is 44.7 Å². The van der Waals surface area contributed by atoms with Crippen LogP contribution in [0, 0.1) is 5.92 Å². The van der Waals surface area contributed by atoms with Crippen LogP contribution in [0.1, 0.15) is 19.3 Å². The molecule has 0 aromatic carbocycles. The van der Waals surface area contributed by atoms with Crippen molar-refractivity contribution in [2.45, 2.75) is 25.4 Å². The summed E-state index contributed by atoms with van der Waals surface area (Å²) in [6.07, 6.45) is 3.85. The monoisotopic (exact) mass is 230 g/mol. The maximum atomic E-state index is 9.78. The largest absolute Gasteiger partial charge is 0.390 e. The molecule has 0 heterocycles. The van der Waals surface area contributed by atoms with Crippen LogP contribution in [0.2, 0.25) is 0 Å². The average molecular weight is 230 g/mol. The number of hydrogen-bond donors (Lipinski definition) is 2. The highest BCUT2D eigenvalue weighted by Crippen LogP contribution is 2.26. The van der Waals surface area contributed by atoms with E-state index in [2.05, 4.69) is 17.3 Å². The van der Waals surface area contributed by atoms with Crippen LogP contribution in [-0.2, 0) is 4.74 Å². The van der Waals surface area contributed by atoms with Crippen molar-refractivity contribution in [1.29, 1.82) is 0 Å². The number of hydrogen-bond acceptors (Lipinski definition) is 4. The molecular formula is C12H26N2O2. The molecule has 2 N–H and O–H groups in total. The van der Waals surface area contributed by atoms with Gasteiger partial charge >= 0.3 is 0 Å². The van der Waals surface area contributed by atoms with Gasteiger partial charge in [-0.15, -0.1) is 0 Å². The van der Waals surface area contributed by atoms with Crippen LogP contribution in [0.15, 0.2) is 0 Å². The Kier molecular flexibility index (Phi) is 6.96. The third kappa shape index (κ3) is 5.80. The first-order valence-electron chi connectivity index (χ1n) is 6.28. The zero-order valence-electron chi connectivity index (χ0n) is 10.6. The predicted octanol–water partition coefficient (Wildman–Crippen LogP) is 0.315. The van der Waals surface area contributed by atoms with Crippen molar-refractivity contribution in [1.82, 2.24) is 10.2 Å². The van der Waals surface area contributed by atoms with Crippen LogP contribution in [0.5, 0.6) is 0 Å². The van der Waals surface area contributed by atoms with Crippen molar-refractivity contribution in [2.75, 3.05) is 46.9 Å². The van der Waals surface area contributed by atoms with E-state index in [0.717, 1.165) is 25.6 Å². The molecule has 16 heavy (non-hydrogen) atoms. The van der Waals surface area contributed by atoms with E-state index >= 15 is 0 Å². The normalized spacial score (nSPS) is 18.8. The summed E-state index contributed by atoms with van der Waals surface area (Å²) < 4.78 is 4.92. The molecule has 0 radical (unpaired) electrons. The maximum absolute atomic E-state index is 9.78. The number of methoxy groups -OCH3 is 1. The molecule has 0 spiro atoms. The van der Waals surface area contributed by atoms with Gasteiger partial charge in [0.05, 0.1) is 12.7 Å². The van der Waals surface area contributed by atoms with Crippen LogP contribution in [0.3, 0.4) is 0 Å². The number of likely N-dealkylation sites (N-methyl/N-ethyl adjacent to an activating group) is 1. The van der Waals surface area contributed by atoms with Gasteiger partial charge in [-0.05, 0) is 25.8 Å². The van der Waals surface area contributed by atoms with Crippen LogP contribution in [-0.4, -0.2) is 63.1 Å². The van der Waals surface area contributed by atoms with Gasteiger partial charge in [0.25, 0.3) is 0 Å². The number of nitrogens with zero attached hydrogens (tertiary/aromatic N) is 1. The fourth-order valence-corrected chi connectivity index (χ4v) is 2.06. The van der Waals surface area contributed by atoms with E-state index in [1.807, 2.05) is 0 Å². The molecule has 1 fully saturated rings. The second-order valence-corrected chi connectivity index (χ2v) is 4.87. The molecule has 0 aliphatic heterocycles. The minimum absolute atomic E-state index is 0.276. The molecule has 0 bridgehead atoms. The minimum Gasteiger partial charge on any atom is -0.390 e. The van der Waals surface area contributed by atoms with Gasteiger partial charge in [-0.3, -0.25) is 0 Å². The average Bonchev–Trinajstić information content (AvgIpc) is 2.18. The number of aliphatic hydroxyl groups is 1. The smallest absolute Gasteiger partial charge is 0.0791 e. The maximum Gasteiger partial charge on any atom is 0.0791 e. The Labute approximate surface area is 99.0 Å². The Hall–Kier alpha value is -0.160. The minimum atomic E-state index is -0.276. The summed E-state index contributed by atoms with van der Waals surface area (Å²) >= 11 is 0. The summed E-state index contributed by atoms with van der Waals surface area (Å²) in [5.41, 5.74) is 0. The Bertz CT molecular complexity index is 174. The summed E-state index contributed by atoms with van der Waals surface area (Å²) in [4.78, 5) is 2.24. The van der Waals surface area contributed by atoms with Gasteiger partial charge in [-0.2, -0.15) is 0 Å². The second-order valence-electron chi connectivity index (χ2n) is 4.87. The van der Waals surface area contributed by atoms with Gasteiger partial charge in [0.1, 0.15) is 0 Å². The highest BCUT2D eigenvalue weighted by Gasteiger charge is 2.19. The number of rotatable bonds is 9. The lowest BCUT2D eigenvalue weighted by Crippen LogP contribution is -2.40. The summed E-state index contributed by atoms with van der Waals surface area (Å²) in [6, 6.07) is 0. The highest BCUT2D eigenvalue weighted by molar-refractivity contribution is 4.74. The summed E-state index contributed by atoms with van der Waals surface area (Å²) in [7, 11) is 3.78. The molecule has 0 aromatic rings. The van der Waals surface area contributed by atoms with E-state index in [0.29, 0.717) is 13.2 Å². The quantitative estimate of drug-likeness (QED) is 0.560. The van der Waals surface area contributed by atoms with Crippen LogP contribution < -0.4 is 5.32 Å². The molecule has 1 unspecified atom stereocenters. The molecule has 1 rings (SSSR count). The Morgan fingerprint density at radius 1 is 1.50 bits per heavy atom.